The molecule has 1 amide bonds. The van der Waals surface area contributed by atoms with E-state index < -0.39 is 0 Å². The second-order valence-electron chi connectivity index (χ2n) is 7.11. The van der Waals surface area contributed by atoms with Crippen LogP contribution < -0.4 is 5.32 Å². The van der Waals surface area contributed by atoms with Crippen LogP contribution in [-0.4, -0.2) is 35.4 Å². The van der Waals surface area contributed by atoms with E-state index in [2.05, 4.69) is 23.6 Å². The van der Waals surface area contributed by atoms with Crippen molar-refractivity contribution in [2.45, 2.75) is 25.7 Å². The van der Waals surface area contributed by atoms with Gasteiger partial charge < -0.3 is 14.8 Å². The van der Waals surface area contributed by atoms with Crippen LogP contribution in [-0.2, 0) is 33.8 Å². The molecule has 6 nitrogen and oxygen atoms in total. The Labute approximate surface area is 170 Å². The Bertz CT molecular complexity index is 925. The maximum Gasteiger partial charge on any atom is 0.246 e. The first-order chi connectivity index (χ1) is 14.3. The topological polar surface area (TPSA) is 65.4 Å². The van der Waals surface area contributed by atoms with E-state index in [4.69, 9.17) is 14.6 Å². The smallest absolute Gasteiger partial charge is 0.246 e. The third-order valence-electron chi connectivity index (χ3n) is 4.88. The molecule has 1 aliphatic rings. The number of carbonyl (C=O) groups is 1. The van der Waals surface area contributed by atoms with Crippen molar-refractivity contribution < 1.29 is 14.3 Å². The highest BCUT2D eigenvalue weighted by Crippen LogP contribution is 2.25. The molecular formula is C23H25N3O3. The molecule has 0 fully saturated rings. The molecule has 1 atom stereocenters. The molecule has 0 aliphatic carbocycles. The average molecular weight is 391 g/mol. The maximum absolute atomic E-state index is 12.1. The summed E-state index contributed by atoms with van der Waals surface area (Å²) in [5.41, 5.74) is 4.35. The van der Waals surface area contributed by atoms with Crippen LogP contribution in [0.2, 0.25) is 0 Å². The van der Waals surface area contributed by atoms with E-state index in [1.165, 1.54) is 11.1 Å². The molecule has 6 heteroatoms. The number of carbonyl (C=O) groups excluding carboxylic acids is 1. The number of aromatic nitrogens is 2. The van der Waals surface area contributed by atoms with Gasteiger partial charge in [0.15, 0.2) is 0 Å². The number of ether oxygens (including phenoxy) is 2. The summed E-state index contributed by atoms with van der Waals surface area (Å²) in [7, 11) is 0. The number of nitrogens with one attached hydrogen (secondary N) is 1. The SMILES string of the molecule is O=C(COCc1ccccc1)NCC1OCCc2cn(Cc3ccccc3)nc21. The highest BCUT2D eigenvalue weighted by Gasteiger charge is 2.25. The summed E-state index contributed by atoms with van der Waals surface area (Å²) in [5, 5.41) is 7.62. The van der Waals surface area contributed by atoms with Crippen LogP contribution >= 0.6 is 0 Å². The van der Waals surface area contributed by atoms with E-state index in [1.54, 1.807) is 0 Å². The molecule has 0 spiro atoms. The zero-order chi connectivity index (χ0) is 19.9. The van der Waals surface area contributed by atoms with Crippen molar-refractivity contribution in [2.75, 3.05) is 19.8 Å². The maximum atomic E-state index is 12.1. The molecule has 1 unspecified atom stereocenters. The van der Waals surface area contributed by atoms with E-state index in [1.807, 2.05) is 53.2 Å². The average Bonchev–Trinajstić information content (AvgIpc) is 3.17. The number of rotatable bonds is 8. The number of benzene rings is 2. The Morgan fingerprint density at radius 1 is 1.10 bits per heavy atom. The van der Waals surface area contributed by atoms with Gasteiger partial charge in [0.2, 0.25) is 5.91 Å². The van der Waals surface area contributed by atoms with E-state index >= 15 is 0 Å². The molecule has 150 valence electrons. The van der Waals surface area contributed by atoms with Crippen LogP contribution in [0.4, 0.5) is 0 Å². The van der Waals surface area contributed by atoms with Gasteiger partial charge in [-0.2, -0.15) is 5.10 Å². The van der Waals surface area contributed by atoms with Crippen molar-refractivity contribution >= 4 is 5.91 Å². The third-order valence-corrected chi connectivity index (χ3v) is 4.88. The number of hydrogen-bond acceptors (Lipinski definition) is 4. The second-order valence-corrected chi connectivity index (χ2v) is 7.11. The molecule has 0 radical (unpaired) electrons. The molecule has 0 bridgehead atoms. The Morgan fingerprint density at radius 3 is 2.59 bits per heavy atom. The molecule has 1 N–H and O–H groups in total. The van der Waals surface area contributed by atoms with Crippen molar-refractivity contribution in [3.63, 3.8) is 0 Å². The molecule has 29 heavy (non-hydrogen) atoms. The summed E-state index contributed by atoms with van der Waals surface area (Å²) >= 11 is 0. The largest absolute Gasteiger partial charge is 0.370 e. The Hall–Kier alpha value is -2.96. The van der Waals surface area contributed by atoms with Crippen molar-refractivity contribution in [1.82, 2.24) is 15.1 Å². The van der Waals surface area contributed by atoms with Gasteiger partial charge in [-0.15, -0.1) is 0 Å². The second kappa shape index (κ2) is 9.49. The molecule has 4 rings (SSSR count). The van der Waals surface area contributed by atoms with Gasteiger partial charge in [-0.3, -0.25) is 9.48 Å². The summed E-state index contributed by atoms with van der Waals surface area (Å²) in [5.74, 6) is -0.152. The van der Waals surface area contributed by atoms with E-state index in [-0.39, 0.29) is 18.6 Å². The third kappa shape index (κ3) is 5.31. The molecule has 2 heterocycles. The Morgan fingerprint density at radius 2 is 1.83 bits per heavy atom. The highest BCUT2D eigenvalue weighted by molar-refractivity contribution is 5.77. The summed E-state index contributed by atoms with van der Waals surface area (Å²) in [6, 6.07) is 20.0. The van der Waals surface area contributed by atoms with Gasteiger partial charge in [0.1, 0.15) is 12.7 Å². The standard InChI is InChI=1S/C23H25N3O3/c27-22(17-28-16-19-9-5-2-6-10-19)24-13-21-23-20(11-12-29-21)15-26(25-23)14-18-7-3-1-4-8-18/h1-10,15,21H,11-14,16-17H2,(H,24,27). The van der Waals surface area contributed by atoms with Crippen molar-refractivity contribution in [1.29, 1.82) is 0 Å². The highest BCUT2D eigenvalue weighted by atomic mass is 16.5. The lowest BCUT2D eigenvalue weighted by molar-refractivity contribution is -0.126. The van der Waals surface area contributed by atoms with Crippen LogP contribution in [0.15, 0.2) is 66.9 Å². The molecular weight excluding hydrogens is 366 g/mol. The first-order valence-corrected chi connectivity index (χ1v) is 9.88. The molecule has 1 aliphatic heterocycles. The summed E-state index contributed by atoms with van der Waals surface area (Å²) < 4.78 is 13.3. The first kappa shape index (κ1) is 19.4. The van der Waals surface area contributed by atoms with Gasteiger partial charge in [0, 0.05) is 12.7 Å². The first-order valence-electron chi connectivity index (χ1n) is 9.88. The predicted molar refractivity (Wildman–Crippen MR) is 109 cm³/mol. The molecule has 3 aromatic rings. The lowest BCUT2D eigenvalue weighted by atomic mass is 10.1. The monoisotopic (exact) mass is 391 g/mol. The number of hydrogen-bond donors (Lipinski definition) is 1. The van der Waals surface area contributed by atoms with Crippen LogP contribution in [0.3, 0.4) is 0 Å². The zero-order valence-corrected chi connectivity index (χ0v) is 16.3. The normalized spacial score (nSPS) is 15.7. The Balaban J connectivity index is 1.28. The van der Waals surface area contributed by atoms with Gasteiger partial charge in [0.05, 0.1) is 25.5 Å². The van der Waals surface area contributed by atoms with Crippen molar-refractivity contribution in [3.8, 4) is 0 Å². The van der Waals surface area contributed by atoms with Gasteiger partial charge >= 0.3 is 0 Å². The van der Waals surface area contributed by atoms with Gasteiger partial charge in [-0.05, 0) is 23.1 Å². The van der Waals surface area contributed by atoms with Gasteiger partial charge in [-0.1, -0.05) is 60.7 Å². The van der Waals surface area contributed by atoms with Gasteiger partial charge in [0.25, 0.3) is 0 Å². The van der Waals surface area contributed by atoms with Crippen molar-refractivity contribution in [2.24, 2.45) is 0 Å². The fourth-order valence-electron chi connectivity index (χ4n) is 3.43. The van der Waals surface area contributed by atoms with E-state index in [0.29, 0.717) is 19.8 Å². The van der Waals surface area contributed by atoms with Gasteiger partial charge in [-0.25, -0.2) is 0 Å². The molecule has 0 saturated heterocycles. The quantitative estimate of drug-likeness (QED) is 0.641. The molecule has 2 aromatic carbocycles. The minimum Gasteiger partial charge on any atom is -0.370 e. The summed E-state index contributed by atoms with van der Waals surface area (Å²) in [6.07, 6.45) is 2.70. The van der Waals surface area contributed by atoms with Crippen molar-refractivity contribution in [3.05, 3.63) is 89.2 Å². The number of amides is 1. The fourth-order valence-corrected chi connectivity index (χ4v) is 3.43. The zero-order valence-electron chi connectivity index (χ0n) is 16.3. The van der Waals surface area contributed by atoms with Crippen LogP contribution in [0, 0.1) is 0 Å². The van der Waals surface area contributed by atoms with Crippen LogP contribution in [0.1, 0.15) is 28.5 Å². The minimum absolute atomic E-state index is 0.0247. The number of fused-ring (bicyclic) bond motifs is 1. The molecule has 0 saturated carbocycles. The predicted octanol–water partition coefficient (Wildman–Crippen LogP) is 2.88. The lowest BCUT2D eigenvalue weighted by Gasteiger charge is -2.22. The van der Waals surface area contributed by atoms with Crippen LogP contribution in [0.5, 0.6) is 0 Å². The fraction of sp³-hybridized carbons (Fsp3) is 0.304. The van der Waals surface area contributed by atoms with E-state index in [0.717, 1.165) is 24.2 Å². The summed E-state index contributed by atoms with van der Waals surface area (Å²) in [6.45, 7) is 2.19. The summed E-state index contributed by atoms with van der Waals surface area (Å²) in [4.78, 5) is 12.1. The van der Waals surface area contributed by atoms with E-state index in [9.17, 15) is 4.79 Å². The Kier molecular flexibility index (Phi) is 6.34. The molecule has 1 aromatic heterocycles. The number of nitrogens with zero attached hydrogens (tertiary/aromatic N) is 2. The minimum atomic E-state index is -0.228. The van der Waals surface area contributed by atoms with Crippen LogP contribution in [0.25, 0.3) is 0 Å². The lowest BCUT2D eigenvalue weighted by Crippen LogP contribution is -2.34.